The number of rotatable bonds is 5. The number of hydrogen-bond acceptors (Lipinski definition) is 6. The van der Waals surface area contributed by atoms with Gasteiger partial charge in [-0.3, -0.25) is 19.5 Å². The first-order chi connectivity index (χ1) is 15.1. The molecule has 4 rings (SSSR count). The number of aliphatic hydroxyl groups excluding tert-OH is 1. The van der Waals surface area contributed by atoms with Crippen molar-refractivity contribution in [1.82, 2.24) is 4.98 Å². The average Bonchev–Trinajstić information content (AvgIpc) is 3.09. The number of anilines is 1. The van der Waals surface area contributed by atoms with Crippen molar-refractivity contribution in [2.24, 2.45) is 0 Å². The number of ether oxygens (including phenoxy) is 2. The Kier molecular flexibility index (Phi) is 5.41. The Morgan fingerprint density at radius 3 is 2.19 bits per heavy atom. The molecule has 156 valence electrons. The molecule has 1 saturated heterocycles. The largest absolute Gasteiger partial charge is 0.506 e. The van der Waals surface area contributed by atoms with Crippen LogP contribution < -0.4 is 14.4 Å². The van der Waals surface area contributed by atoms with Crippen molar-refractivity contribution < 1.29 is 24.2 Å². The van der Waals surface area contributed by atoms with Gasteiger partial charge in [0.1, 0.15) is 22.8 Å². The Balaban J connectivity index is 2.00. The molecule has 0 radical (unpaired) electrons. The first kappa shape index (κ1) is 20.2. The lowest BCUT2D eigenvalue weighted by Crippen LogP contribution is -2.29. The van der Waals surface area contributed by atoms with Gasteiger partial charge in [-0.1, -0.05) is 30.3 Å². The standard InChI is InChI=1S/C24H20N2O5/c1-30-17-11-6-12-18(31-2)19(17)22(27)20-21(15-8-7-13-25-14-15)26(24(29)23(20)28)16-9-4-3-5-10-16/h3-14,21,27H,1-2H3/b22-20+. The van der Waals surface area contributed by atoms with E-state index in [0.29, 0.717) is 22.7 Å². The van der Waals surface area contributed by atoms with Crippen LogP contribution in [0, 0.1) is 0 Å². The number of hydrogen-bond donors (Lipinski definition) is 1. The predicted molar refractivity (Wildman–Crippen MR) is 115 cm³/mol. The summed E-state index contributed by atoms with van der Waals surface area (Å²) in [5, 5.41) is 11.3. The summed E-state index contributed by atoms with van der Waals surface area (Å²) in [6.45, 7) is 0. The van der Waals surface area contributed by atoms with Crippen LogP contribution in [0.15, 0.2) is 78.6 Å². The lowest BCUT2D eigenvalue weighted by molar-refractivity contribution is -0.132. The molecule has 3 aromatic rings. The van der Waals surface area contributed by atoms with Crippen LogP contribution >= 0.6 is 0 Å². The van der Waals surface area contributed by atoms with E-state index in [4.69, 9.17) is 9.47 Å². The van der Waals surface area contributed by atoms with E-state index < -0.39 is 17.7 Å². The maximum Gasteiger partial charge on any atom is 0.300 e. The molecule has 2 heterocycles. The van der Waals surface area contributed by atoms with E-state index in [1.807, 2.05) is 6.07 Å². The van der Waals surface area contributed by atoms with Crippen molar-refractivity contribution in [1.29, 1.82) is 0 Å². The molecule has 1 fully saturated rings. The molecule has 31 heavy (non-hydrogen) atoms. The number of nitrogens with zero attached hydrogens (tertiary/aromatic N) is 2. The third-order valence-electron chi connectivity index (χ3n) is 5.14. The van der Waals surface area contributed by atoms with Gasteiger partial charge in [-0.2, -0.15) is 0 Å². The highest BCUT2D eigenvalue weighted by Crippen LogP contribution is 2.44. The number of aromatic nitrogens is 1. The highest BCUT2D eigenvalue weighted by atomic mass is 16.5. The number of Topliss-reactive ketones (excluding diaryl/α,β-unsaturated/α-hetero) is 1. The summed E-state index contributed by atoms with van der Waals surface area (Å²) in [6, 6.07) is 16.4. The molecule has 0 spiro atoms. The number of carbonyl (C=O) groups is 2. The molecule has 7 heteroatoms. The number of para-hydroxylation sites is 1. The molecule has 0 bridgehead atoms. The Morgan fingerprint density at radius 1 is 0.935 bits per heavy atom. The normalized spacial score (nSPS) is 17.6. The lowest BCUT2D eigenvalue weighted by atomic mass is 9.95. The van der Waals surface area contributed by atoms with Crippen molar-refractivity contribution >= 4 is 23.1 Å². The third-order valence-corrected chi connectivity index (χ3v) is 5.14. The van der Waals surface area contributed by atoms with Crippen LogP contribution in [0.25, 0.3) is 5.76 Å². The summed E-state index contributed by atoms with van der Waals surface area (Å²) in [7, 11) is 2.90. The molecular weight excluding hydrogens is 396 g/mol. The molecule has 0 aliphatic carbocycles. The number of benzene rings is 2. The molecule has 1 amide bonds. The summed E-state index contributed by atoms with van der Waals surface area (Å²) in [5.41, 5.74) is 1.25. The first-order valence-electron chi connectivity index (χ1n) is 9.55. The van der Waals surface area contributed by atoms with Crippen molar-refractivity contribution in [3.63, 3.8) is 0 Å². The molecular formula is C24H20N2O5. The fourth-order valence-electron chi connectivity index (χ4n) is 3.76. The van der Waals surface area contributed by atoms with Gasteiger partial charge < -0.3 is 14.6 Å². The van der Waals surface area contributed by atoms with E-state index >= 15 is 0 Å². The molecule has 1 unspecified atom stereocenters. The number of aliphatic hydroxyl groups is 1. The van der Waals surface area contributed by atoms with Crippen LogP contribution in [0.3, 0.4) is 0 Å². The minimum atomic E-state index is -0.870. The second-order valence-corrected chi connectivity index (χ2v) is 6.83. The fourth-order valence-corrected chi connectivity index (χ4v) is 3.76. The van der Waals surface area contributed by atoms with Gasteiger partial charge in [0.2, 0.25) is 0 Å². The molecule has 2 aromatic carbocycles. The van der Waals surface area contributed by atoms with Gasteiger partial charge in [0.25, 0.3) is 11.7 Å². The fraction of sp³-hybridized carbons (Fsp3) is 0.125. The molecule has 1 aliphatic heterocycles. The Labute approximate surface area is 179 Å². The monoisotopic (exact) mass is 416 g/mol. The summed E-state index contributed by atoms with van der Waals surface area (Å²) >= 11 is 0. The number of ketones is 1. The predicted octanol–water partition coefficient (Wildman–Crippen LogP) is 3.73. The SMILES string of the molecule is COc1cccc(OC)c1/C(O)=C1\C(=O)C(=O)N(c2ccccc2)C1c1cccnc1. The molecule has 1 aromatic heterocycles. The van der Waals surface area contributed by atoms with E-state index in [-0.39, 0.29) is 16.9 Å². The summed E-state index contributed by atoms with van der Waals surface area (Å²) < 4.78 is 10.8. The Hall–Kier alpha value is -4.13. The van der Waals surface area contributed by atoms with Gasteiger partial charge in [-0.05, 0) is 35.9 Å². The van der Waals surface area contributed by atoms with Crippen LogP contribution in [-0.2, 0) is 9.59 Å². The molecule has 1 atom stereocenters. The highest BCUT2D eigenvalue weighted by molar-refractivity contribution is 6.51. The number of methoxy groups -OCH3 is 2. The van der Waals surface area contributed by atoms with Crippen molar-refractivity contribution in [3.8, 4) is 11.5 Å². The van der Waals surface area contributed by atoms with Gasteiger partial charge >= 0.3 is 0 Å². The summed E-state index contributed by atoms with van der Waals surface area (Å²) in [5.74, 6) is -1.29. The summed E-state index contributed by atoms with van der Waals surface area (Å²) in [4.78, 5) is 31.8. The second-order valence-electron chi connectivity index (χ2n) is 6.83. The first-order valence-corrected chi connectivity index (χ1v) is 9.55. The average molecular weight is 416 g/mol. The lowest BCUT2D eigenvalue weighted by Gasteiger charge is -2.25. The third kappa shape index (κ3) is 3.40. The Bertz CT molecular complexity index is 1140. The van der Waals surface area contributed by atoms with Crippen LogP contribution in [0.5, 0.6) is 11.5 Å². The van der Waals surface area contributed by atoms with Gasteiger partial charge in [-0.25, -0.2) is 0 Å². The minimum absolute atomic E-state index is 0.0651. The van der Waals surface area contributed by atoms with Crippen LogP contribution in [0.2, 0.25) is 0 Å². The quantitative estimate of drug-likeness (QED) is 0.387. The molecule has 0 saturated carbocycles. The zero-order valence-corrected chi connectivity index (χ0v) is 17.0. The topological polar surface area (TPSA) is 89.0 Å². The molecule has 1 aliphatic rings. The van der Waals surface area contributed by atoms with Gasteiger partial charge in [0.15, 0.2) is 0 Å². The molecule has 7 nitrogen and oxygen atoms in total. The van der Waals surface area contributed by atoms with E-state index in [9.17, 15) is 14.7 Å². The van der Waals surface area contributed by atoms with E-state index in [0.717, 1.165) is 0 Å². The van der Waals surface area contributed by atoms with Crippen LogP contribution in [-0.4, -0.2) is 36.0 Å². The zero-order chi connectivity index (χ0) is 22.0. The molecule has 1 N–H and O–H groups in total. The number of pyridine rings is 1. The van der Waals surface area contributed by atoms with E-state index in [1.54, 1.807) is 67.0 Å². The number of carbonyl (C=O) groups excluding carboxylic acids is 2. The smallest absolute Gasteiger partial charge is 0.300 e. The van der Waals surface area contributed by atoms with Gasteiger partial charge in [0.05, 0.1) is 25.8 Å². The van der Waals surface area contributed by atoms with Gasteiger partial charge in [0, 0.05) is 18.1 Å². The van der Waals surface area contributed by atoms with Crippen molar-refractivity contribution in [2.75, 3.05) is 19.1 Å². The van der Waals surface area contributed by atoms with Gasteiger partial charge in [-0.15, -0.1) is 0 Å². The van der Waals surface area contributed by atoms with E-state index in [2.05, 4.69) is 4.98 Å². The van der Waals surface area contributed by atoms with Crippen LogP contribution in [0.1, 0.15) is 17.2 Å². The zero-order valence-electron chi connectivity index (χ0n) is 17.0. The van der Waals surface area contributed by atoms with Crippen molar-refractivity contribution in [2.45, 2.75) is 6.04 Å². The van der Waals surface area contributed by atoms with E-state index in [1.165, 1.54) is 19.1 Å². The Morgan fingerprint density at radius 2 is 1.61 bits per heavy atom. The minimum Gasteiger partial charge on any atom is -0.506 e. The summed E-state index contributed by atoms with van der Waals surface area (Å²) in [6.07, 6.45) is 3.17. The van der Waals surface area contributed by atoms with Crippen LogP contribution in [0.4, 0.5) is 5.69 Å². The number of amides is 1. The maximum absolute atomic E-state index is 13.2. The van der Waals surface area contributed by atoms with Crippen molar-refractivity contribution in [3.05, 3.63) is 89.8 Å². The second kappa shape index (κ2) is 8.31. The maximum atomic E-state index is 13.2. The highest BCUT2D eigenvalue weighted by Gasteiger charge is 2.47.